The summed E-state index contributed by atoms with van der Waals surface area (Å²) < 4.78 is 5.41. The van der Waals surface area contributed by atoms with E-state index in [0.29, 0.717) is 22.3 Å². The van der Waals surface area contributed by atoms with Crippen LogP contribution >= 0.6 is 11.6 Å². The first-order valence-corrected chi connectivity index (χ1v) is 10.4. The smallest absolute Gasteiger partial charge is 0.296 e. The van der Waals surface area contributed by atoms with E-state index in [1.165, 1.54) is 11.2 Å². The molecule has 3 aromatic rings. The fourth-order valence-electron chi connectivity index (χ4n) is 3.79. The summed E-state index contributed by atoms with van der Waals surface area (Å²) in [5, 5.41) is 11.5. The fourth-order valence-corrected chi connectivity index (χ4v) is 3.91. The second-order valence-electron chi connectivity index (χ2n) is 7.83. The molecule has 1 aliphatic rings. The molecule has 0 saturated carbocycles. The number of aliphatic hydroxyl groups excluding tert-OH is 1. The number of amides is 1. The first-order valence-electron chi connectivity index (χ1n) is 10.0. The van der Waals surface area contributed by atoms with Gasteiger partial charge in [0.15, 0.2) is 0 Å². The van der Waals surface area contributed by atoms with E-state index in [0.717, 1.165) is 11.1 Å². The van der Waals surface area contributed by atoms with E-state index in [1.54, 1.807) is 36.4 Å². The Morgan fingerprint density at radius 3 is 2.32 bits per heavy atom. The van der Waals surface area contributed by atoms with Crippen molar-refractivity contribution in [2.45, 2.75) is 32.4 Å². The molecule has 0 radical (unpaired) electrons. The number of carbonyl (C=O) groups is 2. The van der Waals surface area contributed by atoms with Crippen molar-refractivity contribution in [1.29, 1.82) is 0 Å². The number of nitrogens with zero attached hydrogens (tertiary/aromatic N) is 1. The zero-order valence-electron chi connectivity index (χ0n) is 17.2. The summed E-state index contributed by atoms with van der Waals surface area (Å²) in [5.74, 6) is -0.730. The van der Waals surface area contributed by atoms with Crippen molar-refractivity contribution in [3.05, 3.63) is 100.0 Å². The van der Waals surface area contributed by atoms with Crippen molar-refractivity contribution in [3.8, 4) is 0 Å². The zero-order chi connectivity index (χ0) is 22.1. The minimum atomic E-state index is -0.734. The van der Waals surface area contributed by atoms with Crippen LogP contribution in [0.5, 0.6) is 0 Å². The van der Waals surface area contributed by atoms with Gasteiger partial charge in [-0.1, -0.05) is 49.7 Å². The normalized spacial score (nSPS) is 18.2. The van der Waals surface area contributed by atoms with Crippen LogP contribution in [0.2, 0.25) is 5.02 Å². The number of aliphatic hydroxyl groups is 1. The maximum atomic E-state index is 13.0. The highest BCUT2D eigenvalue weighted by Gasteiger charge is 2.46. The summed E-state index contributed by atoms with van der Waals surface area (Å²) in [7, 11) is 0. The summed E-state index contributed by atoms with van der Waals surface area (Å²) in [6.07, 6.45) is 1.52. The Bertz CT molecular complexity index is 1130. The second kappa shape index (κ2) is 8.44. The minimum absolute atomic E-state index is 0.0520. The van der Waals surface area contributed by atoms with Crippen LogP contribution in [0.1, 0.15) is 48.3 Å². The number of rotatable bonds is 5. The molecule has 2 aromatic carbocycles. The molecule has 1 amide bonds. The van der Waals surface area contributed by atoms with Crippen LogP contribution in [0.3, 0.4) is 0 Å². The van der Waals surface area contributed by atoms with Gasteiger partial charge in [0.2, 0.25) is 0 Å². The van der Waals surface area contributed by atoms with Gasteiger partial charge >= 0.3 is 0 Å². The monoisotopic (exact) mass is 435 g/mol. The van der Waals surface area contributed by atoms with Crippen molar-refractivity contribution < 1.29 is 19.1 Å². The topological polar surface area (TPSA) is 70.8 Å². The largest absolute Gasteiger partial charge is 0.507 e. The Balaban J connectivity index is 1.84. The average molecular weight is 436 g/mol. The molecular formula is C25H22ClNO4. The van der Waals surface area contributed by atoms with Crippen molar-refractivity contribution in [3.63, 3.8) is 0 Å². The number of halogens is 1. The molecule has 1 aromatic heterocycles. The lowest BCUT2D eigenvalue weighted by Crippen LogP contribution is -2.29. The number of likely N-dealkylation sites (tertiary alicyclic amines) is 1. The molecule has 158 valence electrons. The van der Waals surface area contributed by atoms with E-state index in [2.05, 4.69) is 13.8 Å². The lowest BCUT2D eigenvalue weighted by atomic mass is 9.93. The highest BCUT2D eigenvalue weighted by Crippen LogP contribution is 2.40. The summed E-state index contributed by atoms with van der Waals surface area (Å²) in [6, 6.07) is 17.0. The molecule has 6 heteroatoms. The number of furan rings is 1. The average Bonchev–Trinajstić information content (AvgIpc) is 3.36. The quantitative estimate of drug-likeness (QED) is 0.318. The SMILES string of the molecule is CC(C)c1ccc(C2/C(=C(\O)c3ccc(Cl)cc3)C(=O)C(=O)N2Cc2ccco2)cc1. The standard InChI is InChI=1S/C25H22ClNO4/c1-15(2)16-5-7-17(8-6-16)22-21(23(28)18-9-11-19(26)12-10-18)24(29)25(30)27(22)14-20-4-3-13-31-20/h3-13,15,22,28H,14H2,1-2H3/b23-21+. The molecule has 2 heterocycles. The first kappa shape index (κ1) is 20.9. The molecule has 0 bridgehead atoms. The van der Waals surface area contributed by atoms with Crippen molar-refractivity contribution in [1.82, 2.24) is 4.90 Å². The molecule has 1 atom stereocenters. The predicted molar refractivity (Wildman–Crippen MR) is 119 cm³/mol. The van der Waals surface area contributed by atoms with Gasteiger partial charge in [0.1, 0.15) is 11.5 Å². The zero-order valence-corrected chi connectivity index (χ0v) is 18.0. The molecule has 1 unspecified atom stereocenters. The number of carbonyl (C=O) groups excluding carboxylic acids is 2. The summed E-state index contributed by atoms with van der Waals surface area (Å²) in [6.45, 7) is 4.31. The lowest BCUT2D eigenvalue weighted by molar-refractivity contribution is -0.140. The maximum absolute atomic E-state index is 13.0. The molecule has 1 aliphatic heterocycles. The molecule has 1 saturated heterocycles. The molecule has 0 aliphatic carbocycles. The van der Waals surface area contributed by atoms with Crippen LogP contribution in [0.15, 0.2) is 76.9 Å². The van der Waals surface area contributed by atoms with Gasteiger partial charge in [-0.25, -0.2) is 0 Å². The van der Waals surface area contributed by atoms with Crippen LogP contribution in [0.4, 0.5) is 0 Å². The van der Waals surface area contributed by atoms with Gasteiger partial charge in [0.05, 0.1) is 24.4 Å². The third kappa shape index (κ3) is 4.01. The van der Waals surface area contributed by atoms with Crippen LogP contribution in [0.25, 0.3) is 5.76 Å². The Labute approximate surface area is 185 Å². The van der Waals surface area contributed by atoms with Crippen LogP contribution in [-0.4, -0.2) is 21.7 Å². The van der Waals surface area contributed by atoms with Crippen molar-refractivity contribution in [2.75, 3.05) is 0 Å². The van der Waals surface area contributed by atoms with Crippen LogP contribution in [-0.2, 0) is 16.1 Å². The van der Waals surface area contributed by atoms with E-state index < -0.39 is 17.7 Å². The summed E-state index contributed by atoms with van der Waals surface area (Å²) >= 11 is 5.96. The number of benzene rings is 2. The highest BCUT2D eigenvalue weighted by molar-refractivity contribution is 6.46. The molecule has 1 fully saturated rings. The lowest BCUT2D eigenvalue weighted by Gasteiger charge is -2.25. The Kier molecular flexibility index (Phi) is 5.70. The van der Waals surface area contributed by atoms with Gasteiger partial charge in [0.25, 0.3) is 11.7 Å². The number of Topliss-reactive ketones (excluding diaryl/α,β-unsaturated/α-hetero) is 1. The van der Waals surface area contributed by atoms with Gasteiger partial charge < -0.3 is 14.4 Å². The van der Waals surface area contributed by atoms with Gasteiger partial charge in [0, 0.05) is 10.6 Å². The Morgan fingerprint density at radius 2 is 1.74 bits per heavy atom. The Morgan fingerprint density at radius 1 is 1.06 bits per heavy atom. The summed E-state index contributed by atoms with van der Waals surface area (Å²) in [5.41, 5.74) is 2.36. The predicted octanol–water partition coefficient (Wildman–Crippen LogP) is 5.68. The number of hydrogen-bond acceptors (Lipinski definition) is 4. The highest BCUT2D eigenvalue weighted by atomic mass is 35.5. The maximum Gasteiger partial charge on any atom is 0.296 e. The molecule has 0 spiro atoms. The first-order chi connectivity index (χ1) is 14.9. The molecular weight excluding hydrogens is 414 g/mol. The third-order valence-corrected chi connectivity index (χ3v) is 5.73. The van der Waals surface area contributed by atoms with Crippen molar-refractivity contribution >= 4 is 29.1 Å². The van der Waals surface area contributed by atoms with E-state index in [4.69, 9.17) is 16.0 Å². The second-order valence-corrected chi connectivity index (χ2v) is 8.27. The molecule has 4 rings (SSSR count). The van der Waals surface area contributed by atoms with Crippen LogP contribution in [0, 0.1) is 0 Å². The van der Waals surface area contributed by atoms with E-state index in [1.807, 2.05) is 24.3 Å². The third-order valence-electron chi connectivity index (χ3n) is 5.48. The fraction of sp³-hybridized carbons (Fsp3) is 0.200. The van der Waals surface area contributed by atoms with E-state index >= 15 is 0 Å². The van der Waals surface area contributed by atoms with E-state index in [9.17, 15) is 14.7 Å². The van der Waals surface area contributed by atoms with Gasteiger partial charge in [-0.3, -0.25) is 9.59 Å². The van der Waals surface area contributed by atoms with Crippen molar-refractivity contribution in [2.24, 2.45) is 0 Å². The summed E-state index contributed by atoms with van der Waals surface area (Å²) in [4.78, 5) is 27.4. The number of ketones is 1. The minimum Gasteiger partial charge on any atom is -0.507 e. The Hall–Kier alpha value is -3.31. The van der Waals surface area contributed by atoms with E-state index in [-0.39, 0.29) is 17.9 Å². The van der Waals surface area contributed by atoms with Gasteiger partial charge in [-0.2, -0.15) is 0 Å². The molecule has 1 N–H and O–H groups in total. The molecule has 5 nitrogen and oxygen atoms in total. The van der Waals surface area contributed by atoms with Gasteiger partial charge in [-0.05, 0) is 53.4 Å². The van der Waals surface area contributed by atoms with Crippen LogP contribution < -0.4 is 0 Å². The van der Waals surface area contributed by atoms with Gasteiger partial charge in [-0.15, -0.1) is 0 Å². The molecule has 31 heavy (non-hydrogen) atoms. The number of hydrogen-bond donors (Lipinski definition) is 1.